The molecule has 0 spiro atoms. The zero-order valence-electron chi connectivity index (χ0n) is 19.1. The van der Waals surface area contributed by atoms with E-state index in [1.807, 2.05) is 13.0 Å². The van der Waals surface area contributed by atoms with Crippen LogP contribution >= 0.6 is 0 Å². The Balaban J connectivity index is 1.68. The van der Waals surface area contributed by atoms with Crippen molar-refractivity contribution in [3.05, 3.63) is 63.2 Å². The van der Waals surface area contributed by atoms with Crippen molar-refractivity contribution >= 4 is 27.3 Å². The standard InChI is InChI=1S/C23H30N4O5S/c1-16-8-12-26(13-9-16)21-7-6-19(27(29)30)15-20(21)23(28)24-10-11-25-33(31,32)22-14-17(2)4-5-18(22)3/h4-7,14-16,25H,8-13H2,1-3H3,(H,24,28). The normalized spacial score (nSPS) is 14.8. The van der Waals surface area contributed by atoms with Gasteiger partial charge in [-0.2, -0.15) is 0 Å². The lowest BCUT2D eigenvalue weighted by atomic mass is 9.98. The largest absolute Gasteiger partial charge is 0.371 e. The number of anilines is 1. The van der Waals surface area contributed by atoms with Crippen LogP contribution < -0.4 is 14.9 Å². The van der Waals surface area contributed by atoms with E-state index in [1.54, 1.807) is 25.1 Å². The highest BCUT2D eigenvalue weighted by Crippen LogP contribution is 2.29. The van der Waals surface area contributed by atoms with Gasteiger partial charge in [-0.3, -0.25) is 14.9 Å². The fraction of sp³-hybridized carbons (Fsp3) is 0.435. The molecular formula is C23H30N4O5S. The molecule has 1 aliphatic heterocycles. The lowest BCUT2D eigenvalue weighted by Crippen LogP contribution is -2.37. The summed E-state index contributed by atoms with van der Waals surface area (Å²) in [7, 11) is -3.72. The molecule has 1 aliphatic rings. The van der Waals surface area contributed by atoms with Crippen molar-refractivity contribution in [2.24, 2.45) is 5.92 Å². The maximum Gasteiger partial charge on any atom is 0.270 e. The van der Waals surface area contributed by atoms with Gasteiger partial charge in [-0.05, 0) is 55.9 Å². The van der Waals surface area contributed by atoms with Crippen molar-refractivity contribution < 1.29 is 18.1 Å². The SMILES string of the molecule is Cc1ccc(C)c(S(=O)(=O)NCCNC(=O)c2cc([N+](=O)[O-])ccc2N2CCC(C)CC2)c1. The van der Waals surface area contributed by atoms with Gasteiger partial charge in [0.15, 0.2) is 0 Å². The number of carbonyl (C=O) groups is 1. The molecule has 0 atom stereocenters. The van der Waals surface area contributed by atoms with Gasteiger partial charge in [0.25, 0.3) is 11.6 Å². The molecule has 0 aliphatic carbocycles. The maximum atomic E-state index is 12.9. The van der Waals surface area contributed by atoms with Crippen LogP contribution in [0.3, 0.4) is 0 Å². The topological polar surface area (TPSA) is 122 Å². The van der Waals surface area contributed by atoms with E-state index in [4.69, 9.17) is 0 Å². The smallest absolute Gasteiger partial charge is 0.270 e. The van der Waals surface area contributed by atoms with Gasteiger partial charge in [0.1, 0.15) is 0 Å². The van der Waals surface area contributed by atoms with E-state index in [1.165, 1.54) is 12.1 Å². The summed E-state index contributed by atoms with van der Waals surface area (Å²) in [5.41, 5.74) is 2.18. The molecule has 10 heteroatoms. The number of amides is 1. The fourth-order valence-corrected chi connectivity index (χ4v) is 5.24. The monoisotopic (exact) mass is 474 g/mol. The number of piperidine rings is 1. The summed E-state index contributed by atoms with van der Waals surface area (Å²) in [5, 5.41) is 13.9. The third kappa shape index (κ3) is 6.08. The van der Waals surface area contributed by atoms with Crippen molar-refractivity contribution in [2.75, 3.05) is 31.1 Å². The molecule has 0 aromatic heterocycles. The van der Waals surface area contributed by atoms with Gasteiger partial charge >= 0.3 is 0 Å². The summed E-state index contributed by atoms with van der Waals surface area (Å²) in [4.78, 5) is 25.9. The van der Waals surface area contributed by atoms with Crippen molar-refractivity contribution in [1.29, 1.82) is 0 Å². The van der Waals surface area contributed by atoms with Gasteiger partial charge in [-0.25, -0.2) is 13.1 Å². The molecule has 9 nitrogen and oxygen atoms in total. The maximum absolute atomic E-state index is 12.9. The summed E-state index contributed by atoms with van der Waals surface area (Å²) < 4.78 is 27.7. The number of hydrogen-bond donors (Lipinski definition) is 2. The Morgan fingerprint density at radius 3 is 2.48 bits per heavy atom. The van der Waals surface area contributed by atoms with Crippen LogP contribution in [0.25, 0.3) is 0 Å². The minimum Gasteiger partial charge on any atom is -0.371 e. The zero-order valence-corrected chi connectivity index (χ0v) is 19.9. The van der Waals surface area contributed by atoms with Crippen LogP contribution in [0.4, 0.5) is 11.4 Å². The zero-order chi connectivity index (χ0) is 24.2. The first-order valence-electron chi connectivity index (χ1n) is 11.0. The lowest BCUT2D eigenvalue weighted by molar-refractivity contribution is -0.384. The molecule has 1 fully saturated rings. The molecule has 0 radical (unpaired) electrons. The average molecular weight is 475 g/mol. The van der Waals surface area contributed by atoms with Crippen molar-refractivity contribution in [3.8, 4) is 0 Å². The Bertz CT molecular complexity index is 1140. The van der Waals surface area contributed by atoms with Crippen LogP contribution in [0.1, 0.15) is 41.3 Å². The predicted molar refractivity (Wildman–Crippen MR) is 127 cm³/mol. The highest BCUT2D eigenvalue weighted by molar-refractivity contribution is 7.89. The lowest BCUT2D eigenvalue weighted by Gasteiger charge is -2.33. The molecule has 0 saturated carbocycles. The summed E-state index contributed by atoms with van der Waals surface area (Å²) in [6, 6.07) is 9.49. The van der Waals surface area contributed by atoms with Gasteiger partial charge in [0, 0.05) is 38.3 Å². The van der Waals surface area contributed by atoms with Crippen molar-refractivity contribution in [2.45, 2.75) is 38.5 Å². The number of nitrogens with one attached hydrogen (secondary N) is 2. The quantitative estimate of drug-likeness (QED) is 0.344. The molecule has 2 N–H and O–H groups in total. The second kappa shape index (κ2) is 10.3. The Morgan fingerprint density at radius 1 is 1.12 bits per heavy atom. The van der Waals surface area contributed by atoms with E-state index in [9.17, 15) is 23.3 Å². The molecule has 0 unspecified atom stereocenters. The number of hydrogen-bond acceptors (Lipinski definition) is 6. The number of non-ortho nitro benzene ring substituents is 1. The number of nitro groups is 1. The summed E-state index contributed by atoms with van der Waals surface area (Å²) in [5.74, 6) is 0.125. The highest BCUT2D eigenvalue weighted by Gasteiger charge is 2.24. The number of carbonyl (C=O) groups excluding carboxylic acids is 1. The van der Waals surface area contributed by atoms with Gasteiger partial charge in [-0.1, -0.05) is 19.1 Å². The highest BCUT2D eigenvalue weighted by atomic mass is 32.2. The van der Waals surface area contributed by atoms with E-state index in [2.05, 4.69) is 21.9 Å². The van der Waals surface area contributed by atoms with E-state index in [-0.39, 0.29) is 29.2 Å². The molecule has 1 saturated heterocycles. The second-order valence-electron chi connectivity index (χ2n) is 8.55. The van der Waals surface area contributed by atoms with Crippen LogP contribution in [0.15, 0.2) is 41.3 Å². The van der Waals surface area contributed by atoms with Crippen LogP contribution in [-0.4, -0.2) is 45.4 Å². The number of sulfonamides is 1. The van der Waals surface area contributed by atoms with E-state index < -0.39 is 20.9 Å². The Labute approximate surface area is 194 Å². The first kappa shape index (κ1) is 24.7. The molecule has 3 rings (SSSR count). The van der Waals surface area contributed by atoms with E-state index in [0.717, 1.165) is 31.5 Å². The fourth-order valence-electron chi connectivity index (χ4n) is 3.88. The van der Waals surface area contributed by atoms with E-state index >= 15 is 0 Å². The minimum atomic E-state index is -3.72. The molecule has 2 aromatic rings. The number of benzene rings is 2. The molecule has 1 amide bonds. The molecule has 33 heavy (non-hydrogen) atoms. The number of nitrogens with zero attached hydrogens (tertiary/aromatic N) is 2. The second-order valence-corrected chi connectivity index (χ2v) is 10.3. The Morgan fingerprint density at radius 2 is 1.82 bits per heavy atom. The number of rotatable bonds is 8. The van der Waals surface area contributed by atoms with Crippen LogP contribution in [0.5, 0.6) is 0 Å². The summed E-state index contributed by atoms with van der Waals surface area (Å²) >= 11 is 0. The first-order valence-corrected chi connectivity index (χ1v) is 12.5. The minimum absolute atomic E-state index is 0.00700. The number of nitro benzene ring substituents is 1. The molecule has 2 aromatic carbocycles. The van der Waals surface area contributed by atoms with Crippen LogP contribution in [0, 0.1) is 29.9 Å². The molecular weight excluding hydrogens is 444 g/mol. The van der Waals surface area contributed by atoms with Crippen molar-refractivity contribution in [1.82, 2.24) is 10.0 Å². The van der Waals surface area contributed by atoms with E-state index in [0.29, 0.717) is 17.2 Å². The van der Waals surface area contributed by atoms with Gasteiger partial charge in [0.05, 0.1) is 21.1 Å². The van der Waals surface area contributed by atoms with Gasteiger partial charge < -0.3 is 10.2 Å². The molecule has 0 bridgehead atoms. The molecule has 1 heterocycles. The predicted octanol–water partition coefficient (Wildman–Crippen LogP) is 3.16. The number of aryl methyl sites for hydroxylation is 2. The third-order valence-electron chi connectivity index (χ3n) is 5.90. The first-order chi connectivity index (χ1) is 15.6. The van der Waals surface area contributed by atoms with Crippen LogP contribution in [0.2, 0.25) is 0 Å². The molecule has 178 valence electrons. The van der Waals surface area contributed by atoms with Gasteiger partial charge in [-0.15, -0.1) is 0 Å². The van der Waals surface area contributed by atoms with Crippen molar-refractivity contribution in [3.63, 3.8) is 0 Å². The third-order valence-corrected chi connectivity index (χ3v) is 7.50. The Kier molecular flexibility index (Phi) is 7.70. The summed E-state index contributed by atoms with van der Waals surface area (Å²) in [6.07, 6.45) is 1.97. The van der Waals surface area contributed by atoms with Gasteiger partial charge in [0.2, 0.25) is 10.0 Å². The average Bonchev–Trinajstić information content (AvgIpc) is 2.78. The van der Waals surface area contributed by atoms with Crippen LogP contribution in [-0.2, 0) is 10.0 Å². The Hall–Kier alpha value is -2.98. The summed E-state index contributed by atoms with van der Waals surface area (Å²) in [6.45, 7) is 7.30.